The Morgan fingerprint density at radius 2 is 2.12 bits per heavy atom. The van der Waals surface area contributed by atoms with Gasteiger partial charge in [0.1, 0.15) is 5.82 Å². The van der Waals surface area contributed by atoms with Crippen LogP contribution in [-0.4, -0.2) is 57.8 Å². The van der Waals surface area contributed by atoms with Crippen LogP contribution in [0.15, 0.2) is 18.2 Å². The van der Waals surface area contributed by atoms with Gasteiger partial charge in [-0.1, -0.05) is 13.0 Å². The monoisotopic (exact) mass is 354 g/mol. The zero-order valence-corrected chi connectivity index (χ0v) is 15.5. The molecule has 0 aliphatic carbocycles. The van der Waals surface area contributed by atoms with Crippen molar-refractivity contribution in [1.82, 2.24) is 19.8 Å². The molecule has 2 fully saturated rings. The SMILES string of the molecule is CCCN1CCC2(CCN(C(=O)Cc3ccc4nc(C)[nH]c4c3)C2)C1=O. The number of carbonyl (C=O) groups is 2. The summed E-state index contributed by atoms with van der Waals surface area (Å²) in [6.45, 7) is 6.96. The predicted molar refractivity (Wildman–Crippen MR) is 99.7 cm³/mol. The third kappa shape index (κ3) is 2.87. The van der Waals surface area contributed by atoms with E-state index >= 15 is 0 Å². The van der Waals surface area contributed by atoms with Crippen molar-refractivity contribution in [2.24, 2.45) is 5.41 Å². The van der Waals surface area contributed by atoms with Crippen molar-refractivity contribution in [3.63, 3.8) is 0 Å². The van der Waals surface area contributed by atoms with Crippen LogP contribution >= 0.6 is 0 Å². The van der Waals surface area contributed by atoms with Gasteiger partial charge >= 0.3 is 0 Å². The maximum atomic E-state index is 12.8. The highest BCUT2D eigenvalue weighted by Crippen LogP contribution is 2.40. The molecule has 1 atom stereocenters. The van der Waals surface area contributed by atoms with Crippen LogP contribution in [0.1, 0.15) is 37.6 Å². The van der Waals surface area contributed by atoms with Crippen LogP contribution in [-0.2, 0) is 16.0 Å². The first-order valence-electron chi connectivity index (χ1n) is 9.53. The minimum Gasteiger partial charge on any atom is -0.342 e. The molecule has 1 unspecified atom stereocenters. The summed E-state index contributed by atoms with van der Waals surface area (Å²) in [5, 5.41) is 0. The molecule has 4 rings (SSSR count). The van der Waals surface area contributed by atoms with Gasteiger partial charge in [0.2, 0.25) is 11.8 Å². The average Bonchev–Trinajstić information content (AvgIpc) is 3.28. The van der Waals surface area contributed by atoms with Gasteiger partial charge < -0.3 is 14.8 Å². The first-order chi connectivity index (χ1) is 12.5. The standard InChI is InChI=1S/C20H26N4O2/c1-3-8-23-9-6-20(19(23)26)7-10-24(13-20)18(25)12-15-4-5-16-17(11-15)22-14(2)21-16/h4-5,11H,3,6-10,12-13H2,1-2H3,(H,21,22). The molecule has 1 spiro atoms. The molecule has 138 valence electrons. The number of imidazole rings is 1. The lowest BCUT2D eigenvalue weighted by Gasteiger charge is -2.23. The zero-order chi connectivity index (χ0) is 18.3. The van der Waals surface area contributed by atoms with E-state index in [1.54, 1.807) is 0 Å². The molecule has 2 aliphatic heterocycles. The number of nitrogens with zero attached hydrogens (tertiary/aromatic N) is 3. The number of fused-ring (bicyclic) bond motifs is 1. The summed E-state index contributed by atoms with van der Waals surface area (Å²) in [5.41, 5.74) is 2.55. The second-order valence-electron chi connectivity index (χ2n) is 7.74. The Balaban J connectivity index is 1.43. The number of hydrogen-bond acceptors (Lipinski definition) is 3. The number of aromatic amines is 1. The normalized spacial score (nSPS) is 22.9. The van der Waals surface area contributed by atoms with Crippen LogP contribution < -0.4 is 0 Å². The molecule has 1 aromatic heterocycles. The van der Waals surface area contributed by atoms with Crippen LogP contribution in [0.4, 0.5) is 0 Å². The van der Waals surface area contributed by atoms with Crippen molar-refractivity contribution in [1.29, 1.82) is 0 Å². The maximum Gasteiger partial charge on any atom is 0.230 e. The maximum absolute atomic E-state index is 12.8. The van der Waals surface area contributed by atoms with Gasteiger partial charge in [-0.2, -0.15) is 0 Å². The third-order valence-corrected chi connectivity index (χ3v) is 5.82. The van der Waals surface area contributed by atoms with E-state index in [1.807, 2.05) is 34.9 Å². The molecule has 6 heteroatoms. The molecule has 2 amide bonds. The summed E-state index contributed by atoms with van der Waals surface area (Å²) >= 11 is 0. The Hall–Kier alpha value is -2.37. The van der Waals surface area contributed by atoms with Gasteiger partial charge in [0.25, 0.3) is 0 Å². The lowest BCUT2D eigenvalue weighted by molar-refractivity contribution is -0.136. The molecule has 2 aliphatic rings. The second kappa shape index (κ2) is 6.41. The molecular weight excluding hydrogens is 328 g/mol. The third-order valence-electron chi connectivity index (χ3n) is 5.82. The van der Waals surface area contributed by atoms with Crippen molar-refractivity contribution in [3.8, 4) is 0 Å². The summed E-state index contributed by atoms with van der Waals surface area (Å²) in [6.07, 6.45) is 3.04. The van der Waals surface area contributed by atoms with Gasteiger partial charge in [-0.25, -0.2) is 4.98 Å². The van der Waals surface area contributed by atoms with Gasteiger partial charge in [0, 0.05) is 26.2 Å². The van der Waals surface area contributed by atoms with E-state index in [9.17, 15) is 9.59 Å². The number of nitrogens with one attached hydrogen (secondary N) is 1. The van der Waals surface area contributed by atoms with E-state index in [-0.39, 0.29) is 17.2 Å². The van der Waals surface area contributed by atoms with E-state index < -0.39 is 0 Å². The molecule has 0 bridgehead atoms. The Morgan fingerprint density at radius 3 is 2.92 bits per heavy atom. The van der Waals surface area contributed by atoms with Crippen LogP contribution in [0, 0.1) is 12.3 Å². The smallest absolute Gasteiger partial charge is 0.230 e. The minimum atomic E-state index is -0.324. The number of carbonyl (C=O) groups excluding carboxylic acids is 2. The second-order valence-corrected chi connectivity index (χ2v) is 7.74. The number of H-pyrrole nitrogens is 1. The summed E-state index contributed by atoms with van der Waals surface area (Å²) < 4.78 is 0. The Kier molecular flexibility index (Phi) is 4.21. The molecule has 6 nitrogen and oxygen atoms in total. The van der Waals surface area contributed by atoms with Gasteiger partial charge in [0.05, 0.1) is 22.9 Å². The first kappa shape index (κ1) is 17.1. The van der Waals surface area contributed by atoms with Crippen LogP contribution in [0.25, 0.3) is 11.0 Å². The molecule has 2 aromatic rings. The van der Waals surface area contributed by atoms with Gasteiger partial charge in [-0.3, -0.25) is 9.59 Å². The van der Waals surface area contributed by atoms with E-state index in [0.717, 1.165) is 54.8 Å². The minimum absolute atomic E-state index is 0.110. The van der Waals surface area contributed by atoms with Crippen LogP contribution in [0.3, 0.4) is 0 Å². The molecule has 0 radical (unpaired) electrons. The van der Waals surface area contributed by atoms with E-state index in [0.29, 0.717) is 19.5 Å². The molecule has 0 saturated carbocycles. The highest BCUT2D eigenvalue weighted by atomic mass is 16.2. The zero-order valence-electron chi connectivity index (χ0n) is 15.5. The largest absolute Gasteiger partial charge is 0.342 e. The molecule has 1 aromatic carbocycles. The number of hydrogen-bond donors (Lipinski definition) is 1. The van der Waals surface area contributed by atoms with Crippen molar-refractivity contribution >= 4 is 22.8 Å². The molecule has 3 heterocycles. The van der Waals surface area contributed by atoms with Crippen LogP contribution in [0.2, 0.25) is 0 Å². The highest BCUT2D eigenvalue weighted by molar-refractivity contribution is 5.88. The van der Waals surface area contributed by atoms with E-state index in [1.165, 1.54) is 0 Å². The van der Waals surface area contributed by atoms with Gasteiger partial charge in [-0.15, -0.1) is 0 Å². The molecule has 1 N–H and O–H groups in total. The lowest BCUT2D eigenvalue weighted by atomic mass is 9.85. The summed E-state index contributed by atoms with van der Waals surface area (Å²) in [4.78, 5) is 37.0. The molecule has 26 heavy (non-hydrogen) atoms. The van der Waals surface area contributed by atoms with Crippen molar-refractivity contribution in [3.05, 3.63) is 29.6 Å². The summed E-state index contributed by atoms with van der Waals surface area (Å²) in [5.74, 6) is 1.24. The lowest BCUT2D eigenvalue weighted by Crippen LogP contribution is -2.38. The topological polar surface area (TPSA) is 69.3 Å². The van der Waals surface area contributed by atoms with Crippen molar-refractivity contribution in [2.75, 3.05) is 26.2 Å². The molecule has 2 saturated heterocycles. The van der Waals surface area contributed by atoms with E-state index in [4.69, 9.17) is 0 Å². The van der Waals surface area contributed by atoms with Crippen molar-refractivity contribution < 1.29 is 9.59 Å². The highest BCUT2D eigenvalue weighted by Gasteiger charge is 2.51. The fourth-order valence-electron chi connectivity index (χ4n) is 4.42. The summed E-state index contributed by atoms with van der Waals surface area (Å²) in [6, 6.07) is 5.93. The van der Waals surface area contributed by atoms with Crippen LogP contribution in [0.5, 0.6) is 0 Å². The number of aromatic nitrogens is 2. The Labute approximate surface area is 153 Å². The van der Waals surface area contributed by atoms with Gasteiger partial charge in [-0.05, 0) is 43.9 Å². The van der Waals surface area contributed by atoms with Gasteiger partial charge in [0.15, 0.2) is 0 Å². The van der Waals surface area contributed by atoms with E-state index in [2.05, 4.69) is 16.9 Å². The summed E-state index contributed by atoms with van der Waals surface area (Å²) in [7, 11) is 0. The first-order valence-corrected chi connectivity index (χ1v) is 9.53. The number of likely N-dealkylation sites (tertiary alicyclic amines) is 2. The average molecular weight is 354 g/mol. The molecular formula is C20H26N4O2. The number of rotatable bonds is 4. The number of amides is 2. The quantitative estimate of drug-likeness (QED) is 0.916. The fraction of sp³-hybridized carbons (Fsp3) is 0.550. The number of aryl methyl sites for hydroxylation is 1. The van der Waals surface area contributed by atoms with Crippen molar-refractivity contribution in [2.45, 2.75) is 39.5 Å². The Morgan fingerprint density at radius 1 is 1.31 bits per heavy atom. The predicted octanol–water partition coefficient (Wildman–Crippen LogP) is 2.27. The Bertz CT molecular complexity index is 859. The number of benzene rings is 1. The fourth-order valence-corrected chi connectivity index (χ4v) is 4.42.